The number of aryl methyl sites for hydroxylation is 1. The van der Waals surface area contributed by atoms with Gasteiger partial charge in [0.05, 0.1) is 18.8 Å². The number of benzene rings is 1. The molecule has 21 heavy (non-hydrogen) atoms. The third-order valence-electron chi connectivity index (χ3n) is 2.92. The third-order valence-corrected chi connectivity index (χ3v) is 2.92. The normalized spacial score (nSPS) is 10.8. The maximum absolute atomic E-state index is 12.0. The van der Waals surface area contributed by atoms with Gasteiger partial charge in [-0.25, -0.2) is 0 Å². The lowest BCUT2D eigenvalue weighted by Gasteiger charge is -2.20. The summed E-state index contributed by atoms with van der Waals surface area (Å²) in [7, 11) is 0. The Morgan fingerprint density at radius 2 is 2.14 bits per heavy atom. The van der Waals surface area contributed by atoms with E-state index in [1.807, 2.05) is 35.2 Å². The second kappa shape index (κ2) is 7.56. The van der Waals surface area contributed by atoms with Gasteiger partial charge in [-0.2, -0.15) is 0 Å². The number of aliphatic hydroxyl groups excluding tert-OH is 1. The number of nitrogens with one attached hydrogen (secondary N) is 1. The van der Waals surface area contributed by atoms with Gasteiger partial charge in [0.15, 0.2) is 0 Å². The molecular formula is C15H19N3O3. The minimum absolute atomic E-state index is 0.00152. The maximum Gasteiger partial charge on any atom is 0.240 e. The summed E-state index contributed by atoms with van der Waals surface area (Å²) in [6, 6.07) is 11.5. The standard InChI is InChI=1S/C15H19N3O3/c1-12-9-15(21-17-12)16-14(20)11-18(7-8-19)10-13-5-3-2-4-6-13/h2-6,9,19H,7-8,10-11H2,1H3,(H,16,20). The Labute approximate surface area is 123 Å². The minimum atomic E-state index is -0.199. The molecule has 0 saturated heterocycles. The summed E-state index contributed by atoms with van der Waals surface area (Å²) in [6.45, 7) is 2.99. The van der Waals surface area contributed by atoms with E-state index in [1.165, 1.54) is 0 Å². The molecule has 6 nitrogen and oxygen atoms in total. The van der Waals surface area contributed by atoms with Gasteiger partial charge >= 0.3 is 0 Å². The molecule has 0 aliphatic heterocycles. The zero-order valence-electron chi connectivity index (χ0n) is 12.0. The fourth-order valence-corrected chi connectivity index (χ4v) is 2.00. The van der Waals surface area contributed by atoms with E-state index >= 15 is 0 Å². The highest BCUT2D eigenvalue weighted by Gasteiger charge is 2.12. The van der Waals surface area contributed by atoms with Crippen LogP contribution in [-0.4, -0.2) is 40.8 Å². The Kier molecular flexibility index (Phi) is 5.48. The van der Waals surface area contributed by atoms with E-state index < -0.39 is 0 Å². The molecule has 0 aliphatic rings. The highest BCUT2D eigenvalue weighted by molar-refractivity contribution is 5.90. The fraction of sp³-hybridized carbons (Fsp3) is 0.333. The van der Waals surface area contributed by atoms with Gasteiger partial charge in [0.2, 0.25) is 11.8 Å². The average Bonchev–Trinajstić information content (AvgIpc) is 2.85. The predicted octanol–water partition coefficient (Wildman–Crippen LogP) is 1.42. The molecular weight excluding hydrogens is 270 g/mol. The number of amides is 1. The number of aliphatic hydroxyl groups is 1. The molecule has 6 heteroatoms. The van der Waals surface area contributed by atoms with Crippen LogP contribution >= 0.6 is 0 Å². The second-order valence-electron chi connectivity index (χ2n) is 4.80. The van der Waals surface area contributed by atoms with Crippen LogP contribution in [0.25, 0.3) is 0 Å². The molecule has 0 fully saturated rings. The number of rotatable bonds is 7. The summed E-state index contributed by atoms with van der Waals surface area (Å²) in [5.74, 6) is 0.136. The lowest BCUT2D eigenvalue weighted by Crippen LogP contribution is -2.34. The van der Waals surface area contributed by atoms with E-state index in [0.29, 0.717) is 24.7 Å². The van der Waals surface area contributed by atoms with Crippen molar-refractivity contribution in [3.05, 3.63) is 47.7 Å². The minimum Gasteiger partial charge on any atom is -0.395 e. The summed E-state index contributed by atoms with van der Waals surface area (Å²) >= 11 is 0. The van der Waals surface area contributed by atoms with E-state index in [4.69, 9.17) is 9.63 Å². The number of anilines is 1. The Hall–Kier alpha value is -2.18. The zero-order valence-corrected chi connectivity index (χ0v) is 12.0. The Morgan fingerprint density at radius 1 is 1.38 bits per heavy atom. The number of hydrogen-bond acceptors (Lipinski definition) is 5. The number of nitrogens with zero attached hydrogens (tertiary/aromatic N) is 2. The highest BCUT2D eigenvalue weighted by atomic mass is 16.5. The van der Waals surface area contributed by atoms with Crippen LogP contribution in [0.5, 0.6) is 0 Å². The Bertz CT molecular complexity index is 569. The van der Waals surface area contributed by atoms with Crippen molar-refractivity contribution in [2.75, 3.05) is 25.0 Å². The Balaban J connectivity index is 1.91. The van der Waals surface area contributed by atoms with Crippen LogP contribution in [0.2, 0.25) is 0 Å². The van der Waals surface area contributed by atoms with Crippen LogP contribution < -0.4 is 5.32 Å². The molecule has 1 heterocycles. The van der Waals surface area contributed by atoms with Crippen molar-refractivity contribution in [2.45, 2.75) is 13.5 Å². The molecule has 0 spiro atoms. The van der Waals surface area contributed by atoms with E-state index in [1.54, 1.807) is 13.0 Å². The maximum atomic E-state index is 12.0. The first-order valence-electron chi connectivity index (χ1n) is 6.77. The van der Waals surface area contributed by atoms with Crippen LogP contribution in [0, 0.1) is 6.92 Å². The van der Waals surface area contributed by atoms with Crippen molar-refractivity contribution in [3.63, 3.8) is 0 Å². The van der Waals surface area contributed by atoms with Gasteiger partial charge in [0.25, 0.3) is 0 Å². The largest absolute Gasteiger partial charge is 0.395 e. The summed E-state index contributed by atoms with van der Waals surface area (Å²) in [5.41, 5.74) is 1.80. The van der Waals surface area contributed by atoms with Crippen LogP contribution in [0.15, 0.2) is 40.9 Å². The SMILES string of the molecule is Cc1cc(NC(=O)CN(CCO)Cc2ccccc2)on1. The van der Waals surface area contributed by atoms with Crippen LogP contribution in [0.1, 0.15) is 11.3 Å². The average molecular weight is 289 g/mol. The van der Waals surface area contributed by atoms with E-state index in [9.17, 15) is 4.79 Å². The van der Waals surface area contributed by atoms with Crippen LogP contribution in [-0.2, 0) is 11.3 Å². The molecule has 2 aromatic rings. The lowest BCUT2D eigenvalue weighted by atomic mass is 10.2. The Morgan fingerprint density at radius 3 is 2.76 bits per heavy atom. The molecule has 0 aliphatic carbocycles. The number of hydrogen-bond donors (Lipinski definition) is 2. The molecule has 0 radical (unpaired) electrons. The molecule has 0 unspecified atom stereocenters. The van der Waals surface area contributed by atoms with Gasteiger partial charge in [-0.1, -0.05) is 35.5 Å². The topological polar surface area (TPSA) is 78.6 Å². The van der Waals surface area contributed by atoms with Crippen LogP contribution in [0.3, 0.4) is 0 Å². The summed E-state index contributed by atoms with van der Waals surface area (Å²) in [4.78, 5) is 13.8. The van der Waals surface area contributed by atoms with Gasteiger partial charge in [-0.15, -0.1) is 0 Å². The monoisotopic (exact) mass is 289 g/mol. The third kappa shape index (κ3) is 5.02. The molecule has 0 atom stereocenters. The summed E-state index contributed by atoms with van der Waals surface area (Å²) < 4.78 is 4.94. The quantitative estimate of drug-likeness (QED) is 0.806. The second-order valence-corrected chi connectivity index (χ2v) is 4.80. The van der Waals surface area contributed by atoms with Crippen molar-refractivity contribution in [1.29, 1.82) is 0 Å². The van der Waals surface area contributed by atoms with E-state index in [2.05, 4.69) is 10.5 Å². The van der Waals surface area contributed by atoms with Gasteiger partial charge < -0.3 is 9.63 Å². The number of carbonyl (C=O) groups excluding carboxylic acids is 1. The molecule has 0 bridgehead atoms. The summed E-state index contributed by atoms with van der Waals surface area (Å²) in [6.07, 6.45) is 0. The predicted molar refractivity (Wildman–Crippen MR) is 78.7 cm³/mol. The van der Waals surface area contributed by atoms with Crippen molar-refractivity contribution in [2.24, 2.45) is 0 Å². The lowest BCUT2D eigenvalue weighted by molar-refractivity contribution is -0.117. The van der Waals surface area contributed by atoms with Gasteiger partial charge in [-0.05, 0) is 12.5 Å². The van der Waals surface area contributed by atoms with E-state index in [-0.39, 0.29) is 19.1 Å². The van der Waals surface area contributed by atoms with Gasteiger partial charge in [0, 0.05) is 19.2 Å². The van der Waals surface area contributed by atoms with Crippen molar-refractivity contribution < 1.29 is 14.4 Å². The molecule has 1 aromatic carbocycles. The molecule has 2 N–H and O–H groups in total. The van der Waals surface area contributed by atoms with E-state index in [0.717, 1.165) is 5.56 Å². The van der Waals surface area contributed by atoms with Crippen LogP contribution in [0.4, 0.5) is 5.88 Å². The number of aromatic nitrogens is 1. The van der Waals surface area contributed by atoms with Gasteiger partial charge in [0.1, 0.15) is 0 Å². The number of carbonyl (C=O) groups is 1. The molecule has 1 amide bonds. The highest BCUT2D eigenvalue weighted by Crippen LogP contribution is 2.09. The smallest absolute Gasteiger partial charge is 0.240 e. The van der Waals surface area contributed by atoms with Crippen molar-refractivity contribution >= 4 is 11.8 Å². The molecule has 1 aromatic heterocycles. The van der Waals surface area contributed by atoms with Gasteiger partial charge in [-0.3, -0.25) is 15.0 Å². The molecule has 112 valence electrons. The first kappa shape index (κ1) is 15.2. The molecule has 2 rings (SSSR count). The first-order valence-corrected chi connectivity index (χ1v) is 6.77. The van der Waals surface area contributed by atoms with Crippen molar-refractivity contribution in [1.82, 2.24) is 10.1 Å². The van der Waals surface area contributed by atoms with Crippen molar-refractivity contribution in [3.8, 4) is 0 Å². The molecule has 0 saturated carbocycles. The summed E-state index contributed by atoms with van der Waals surface area (Å²) in [5, 5.41) is 15.5. The zero-order chi connectivity index (χ0) is 15.1. The first-order chi connectivity index (χ1) is 10.2. The fourth-order valence-electron chi connectivity index (χ4n) is 2.00.